The lowest BCUT2D eigenvalue weighted by molar-refractivity contribution is -0.117. The molecule has 1 aromatic heterocycles. The molecule has 1 aromatic rings. The Morgan fingerprint density at radius 3 is 2.59 bits per heavy atom. The molecule has 1 unspecified atom stereocenters. The van der Waals surface area contributed by atoms with E-state index in [2.05, 4.69) is 48.2 Å². The maximum absolute atomic E-state index is 13.1. The van der Waals surface area contributed by atoms with E-state index < -0.39 is 0 Å². The van der Waals surface area contributed by atoms with Crippen molar-refractivity contribution >= 4 is 45.6 Å². The van der Waals surface area contributed by atoms with Crippen molar-refractivity contribution in [2.45, 2.75) is 58.4 Å². The van der Waals surface area contributed by atoms with E-state index in [-0.39, 0.29) is 23.9 Å². The molecule has 32 heavy (non-hydrogen) atoms. The standard InChI is InChI=1S/C24H32Cl2N4OS/c1-6-7-19-16(10-11-27-5)15-8-9-17(25)18(26)12-20(15)30(19)13-22(31)29-23-28-21(14-32-23)24(2,3)4/h8-9,12,14,20,27H,6-7,10-11,13H2,1-5H3,(H,28,29,31). The molecular formula is C24H32Cl2N4OS. The number of nitrogens with one attached hydrogen (secondary N) is 2. The van der Waals surface area contributed by atoms with Gasteiger partial charge in [-0.2, -0.15) is 0 Å². The fourth-order valence-electron chi connectivity index (χ4n) is 3.95. The number of aromatic nitrogens is 1. The highest BCUT2D eigenvalue weighted by atomic mass is 35.5. The maximum atomic E-state index is 13.1. The van der Waals surface area contributed by atoms with E-state index in [1.807, 2.05) is 30.7 Å². The summed E-state index contributed by atoms with van der Waals surface area (Å²) in [5, 5.41) is 9.89. The minimum atomic E-state index is -0.115. The topological polar surface area (TPSA) is 57.3 Å². The van der Waals surface area contributed by atoms with Gasteiger partial charge in [-0.15, -0.1) is 11.3 Å². The molecular weight excluding hydrogens is 463 g/mol. The largest absolute Gasteiger partial charge is 0.355 e. The first-order valence-corrected chi connectivity index (χ1v) is 12.6. The van der Waals surface area contributed by atoms with Crippen LogP contribution in [0.25, 0.3) is 0 Å². The van der Waals surface area contributed by atoms with E-state index in [9.17, 15) is 4.79 Å². The number of halogens is 2. The monoisotopic (exact) mass is 494 g/mol. The van der Waals surface area contributed by atoms with Gasteiger partial charge in [-0.05, 0) is 49.7 Å². The minimum absolute atomic E-state index is 0.0540. The first-order valence-electron chi connectivity index (χ1n) is 11.0. The van der Waals surface area contributed by atoms with Gasteiger partial charge in [0.25, 0.3) is 0 Å². The number of hydrogen-bond acceptors (Lipinski definition) is 5. The number of allylic oxidation sites excluding steroid dienone is 5. The van der Waals surface area contributed by atoms with Crippen LogP contribution in [0.5, 0.6) is 0 Å². The van der Waals surface area contributed by atoms with Crippen molar-refractivity contribution in [2.24, 2.45) is 0 Å². The molecule has 0 bridgehead atoms. The van der Waals surface area contributed by atoms with Crippen molar-refractivity contribution in [1.82, 2.24) is 15.2 Å². The SMILES string of the molecule is CCCC1=C(CCNC)C2=CC=C(Cl)C(Cl)=CC2N1CC(=O)Nc1nc(C(C)(C)C)cs1. The number of nitrogens with zero attached hydrogens (tertiary/aromatic N) is 2. The number of anilines is 1. The fraction of sp³-hybridized carbons (Fsp3) is 0.500. The Hall–Kier alpha value is -1.60. The quantitative estimate of drug-likeness (QED) is 0.471. The van der Waals surface area contributed by atoms with Crippen molar-refractivity contribution in [1.29, 1.82) is 0 Å². The van der Waals surface area contributed by atoms with Crippen molar-refractivity contribution in [3.63, 3.8) is 0 Å². The van der Waals surface area contributed by atoms with E-state index in [1.165, 1.54) is 22.6 Å². The zero-order valence-corrected chi connectivity index (χ0v) is 21.7. The first-order chi connectivity index (χ1) is 15.2. The van der Waals surface area contributed by atoms with Gasteiger partial charge in [-0.25, -0.2) is 4.98 Å². The van der Waals surface area contributed by atoms with Gasteiger partial charge in [0.15, 0.2) is 5.13 Å². The van der Waals surface area contributed by atoms with Gasteiger partial charge < -0.3 is 15.5 Å². The summed E-state index contributed by atoms with van der Waals surface area (Å²) in [6.45, 7) is 9.58. The van der Waals surface area contributed by atoms with Crippen LogP contribution in [-0.4, -0.2) is 42.0 Å². The summed E-state index contributed by atoms with van der Waals surface area (Å²) in [5.41, 5.74) is 4.56. The lowest BCUT2D eigenvalue weighted by Gasteiger charge is -2.28. The second-order valence-electron chi connectivity index (χ2n) is 9.09. The molecule has 0 fully saturated rings. The minimum Gasteiger partial charge on any atom is -0.355 e. The molecule has 174 valence electrons. The van der Waals surface area contributed by atoms with Crippen molar-refractivity contribution in [3.8, 4) is 0 Å². The molecule has 2 heterocycles. The second kappa shape index (κ2) is 10.6. The van der Waals surface area contributed by atoms with Gasteiger partial charge in [0.1, 0.15) is 0 Å². The number of fused-ring (bicyclic) bond motifs is 1. The van der Waals surface area contributed by atoms with Crippen LogP contribution in [0, 0.1) is 0 Å². The Bertz CT molecular complexity index is 984. The highest BCUT2D eigenvalue weighted by molar-refractivity contribution is 7.13. The molecule has 2 aliphatic rings. The molecule has 1 atom stereocenters. The molecule has 1 amide bonds. The number of amides is 1. The Morgan fingerprint density at radius 2 is 1.97 bits per heavy atom. The Morgan fingerprint density at radius 1 is 1.22 bits per heavy atom. The average molecular weight is 496 g/mol. The van der Waals surface area contributed by atoms with Gasteiger partial charge in [0.05, 0.1) is 28.3 Å². The van der Waals surface area contributed by atoms with E-state index in [0.29, 0.717) is 15.2 Å². The van der Waals surface area contributed by atoms with E-state index in [0.717, 1.165) is 37.1 Å². The smallest absolute Gasteiger partial charge is 0.245 e. The van der Waals surface area contributed by atoms with Crippen LogP contribution in [0.2, 0.25) is 0 Å². The lowest BCUT2D eigenvalue weighted by Crippen LogP contribution is -2.37. The fourth-order valence-corrected chi connectivity index (χ4v) is 5.21. The van der Waals surface area contributed by atoms with E-state index >= 15 is 0 Å². The zero-order valence-electron chi connectivity index (χ0n) is 19.4. The number of thiazole rings is 1. The van der Waals surface area contributed by atoms with Crippen LogP contribution in [0.1, 0.15) is 52.7 Å². The third-order valence-electron chi connectivity index (χ3n) is 5.58. The number of rotatable bonds is 8. The van der Waals surface area contributed by atoms with E-state index in [1.54, 1.807) is 0 Å². The molecule has 0 saturated carbocycles. The van der Waals surface area contributed by atoms with Crippen molar-refractivity contribution in [2.75, 3.05) is 25.5 Å². The number of carbonyl (C=O) groups is 1. The summed E-state index contributed by atoms with van der Waals surface area (Å²) in [6, 6.07) is -0.115. The van der Waals surface area contributed by atoms with E-state index in [4.69, 9.17) is 23.2 Å². The van der Waals surface area contributed by atoms with Crippen LogP contribution < -0.4 is 10.6 Å². The molecule has 0 spiro atoms. The van der Waals surface area contributed by atoms with Gasteiger partial charge in [-0.1, -0.05) is 63.4 Å². The van der Waals surface area contributed by atoms with Gasteiger partial charge in [0, 0.05) is 16.5 Å². The summed E-state index contributed by atoms with van der Waals surface area (Å²) in [4.78, 5) is 19.8. The molecule has 0 saturated heterocycles. The normalized spacial score (nSPS) is 18.8. The van der Waals surface area contributed by atoms with Crippen molar-refractivity contribution < 1.29 is 4.79 Å². The van der Waals surface area contributed by atoms with Crippen LogP contribution in [0.4, 0.5) is 5.13 Å². The molecule has 1 aliphatic heterocycles. The summed E-state index contributed by atoms with van der Waals surface area (Å²) in [7, 11) is 1.95. The van der Waals surface area contributed by atoms with Gasteiger partial charge in [-0.3, -0.25) is 4.79 Å². The summed E-state index contributed by atoms with van der Waals surface area (Å²) in [6.07, 6.45) is 8.63. The molecule has 5 nitrogen and oxygen atoms in total. The number of carbonyl (C=O) groups excluding carboxylic acids is 1. The summed E-state index contributed by atoms with van der Waals surface area (Å²) >= 11 is 14.2. The highest BCUT2D eigenvalue weighted by Gasteiger charge is 2.36. The third-order valence-corrected chi connectivity index (χ3v) is 7.10. The lowest BCUT2D eigenvalue weighted by atomic mass is 9.93. The third kappa shape index (κ3) is 5.66. The van der Waals surface area contributed by atoms with Crippen LogP contribution in [-0.2, 0) is 10.2 Å². The Balaban J connectivity index is 1.89. The Kier molecular flexibility index (Phi) is 8.26. The molecule has 1 aliphatic carbocycles. The van der Waals surface area contributed by atoms with Crippen molar-refractivity contribution in [3.05, 3.63) is 56.2 Å². The zero-order chi connectivity index (χ0) is 23.5. The molecule has 8 heteroatoms. The molecule has 0 radical (unpaired) electrons. The molecule has 3 rings (SSSR count). The highest BCUT2D eigenvalue weighted by Crippen LogP contribution is 2.41. The maximum Gasteiger partial charge on any atom is 0.245 e. The Labute approximate surface area is 205 Å². The second-order valence-corrected chi connectivity index (χ2v) is 10.8. The summed E-state index contributed by atoms with van der Waals surface area (Å²) in [5.74, 6) is -0.0875. The van der Waals surface area contributed by atoms with Crippen LogP contribution >= 0.6 is 34.5 Å². The predicted octanol–water partition coefficient (Wildman–Crippen LogP) is 5.91. The molecule has 0 aromatic carbocycles. The molecule has 2 N–H and O–H groups in total. The predicted molar refractivity (Wildman–Crippen MR) is 136 cm³/mol. The summed E-state index contributed by atoms with van der Waals surface area (Å²) < 4.78 is 0. The first kappa shape index (κ1) is 25.0. The van der Waals surface area contributed by atoms with Crippen LogP contribution in [0.3, 0.4) is 0 Å². The number of hydrogen-bond donors (Lipinski definition) is 2. The van der Waals surface area contributed by atoms with Gasteiger partial charge in [0.2, 0.25) is 5.91 Å². The average Bonchev–Trinajstić information content (AvgIpc) is 3.25. The van der Waals surface area contributed by atoms with Gasteiger partial charge >= 0.3 is 0 Å². The van der Waals surface area contributed by atoms with Crippen LogP contribution in [0.15, 0.2) is 50.5 Å².